The van der Waals surface area contributed by atoms with Gasteiger partial charge >= 0.3 is 5.97 Å². The molecular formula is C14H9FN2O3S. The van der Waals surface area contributed by atoms with E-state index in [1.54, 1.807) is 6.07 Å². The maximum atomic E-state index is 13.4. The standard InChI is InChI=1S/C14H9FN2O3S/c15-10-5-2-1-4-9(10)14(18)19-8-12-16-13(17-20-12)11-6-3-7-21-11/h1-7H,8H2. The summed E-state index contributed by atoms with van der Waals surface area (Å²) in [6, 6.07) is 9.32. The number of rotatable bonds is 4. The molecule has 0 amide bonds. The van der Waals surface area contributed by atoms with Crippen LogP contribution in [0.25, 0.3) is 10.7 Å². The van der Waals surface area contributed by atoms with Crippen LogP contribution in [0.4, 0.5) is 4.39 Å². The number of carbonyl (C=O) groups excluding carboxylic acids is 1. The van der Waals surface area contributed by atoms with Gasteiger partial charge in [0, 0.05) is 0 Å². The second-order valence-corrected chi connectivity index (χ2v) is 4.99. The largest absolute Gasteiger partial charge is 0.452 e. The molecule has 0 atom stereocenters. The predicted molar refractivity (Wildman–Crippen MR) is 73.1 cm³/mol. The van der Waals surface area contributed by atoms with Gasteiger partial charge in [0.25, 0.3) is 5.89 Å². The summed E-state index contributed by atoms with van der Waals surface area (Å²) in [7, 11) is 0. The van der Waals surface area contributed by atoms with E-state index < -0.39 is 11.8 Å². The molecule has 0 bridgehead atoms. The van der Waals surface area contributed by atoms with Crippen LogP contribution < -0.4 is 0 Å². The molecule has 7 heteroatoms. The zero-order chi connectivity index (χ0) is 14.7. The smallest absolute Gasteiger partial charge is 0.341 e. The number of ether oxygens (including phenoxy) is 1. The van der Waals surface area contributed by atoms with Gasteiger partial charge in [0.05, 0.1) is 10.4 Å². The minimum atomic E-state index is -0.774. The average Bonchev–Trinajstić information content (AvgIpc) is 3.16. The maximum Gasteiger partial charge on any atom is 0.341 e. The van der Waals surface area contributed by atoms with Crippen molar-refractivity contribution in [2.45, 2.75) is 6.61 Å². The lowest BCUT2D eigenvalue weighted by Crippen LogP contribution is -2.07. The Morgan fingerprint density at radius 3 is 2.90 bits per heavy atom. The van der Waals surface area contributed by atoms with E-state index in [0.717, 1.165) is 4.88 Å². The Kier molecular flexibility index (Phi) is 3.74. The fourth-order valence-electron chi connectivity index (χ4n) is 1.65. The number of carbonyl (C=O) groups is 1. The Labute approximate surface area is 123 Å². The minimum absolute atomic E-state index is 0.129. The van der Waals surface area contributed by atoms with E-state index in [-0.39, 0.29) is 18.1 Å². The van der Waals surface area contributed by atoms with Gasteiger partial charge < -0.3 is 9.26 Å². The summed E-state index contributed by atoms with van der Waals surface area (Å²) in [4.78, 5) is 16.7. The number of esters is 1. The summed E-state index contributed by atoms with van der Waals surface area (Å²) in [6.07, 6.45) is 0. The van der Waals surface area contributed by atoms with Crippen molar-refractivity contribution in [2.75, 3.05) is 0 Å². The van der Waals surface area contributed by atoms with Crippen molar-refractivity contribution >= 4 is 17.3 Å². The molecule has 106 valence electrons. The van der Waals surface area contributed by atoms with E-state index >= 15 is 0 Å². The monoisotopic (exact) mass is 304 g/mol. The Hall–Kier alpha value is -2.54. The number of benzene rings is 1. The first-order valence-electron chi connectivity index (χ1n) is 6.02. The first kappa shape index (κ1) is 13.4. The second kappa shape index (κ2) is 5.84. The number of hydrogen-bond acceptors (Lipinski definition) is 6. The molecular weight excluding hydrogens is 295 g/mol. The SMILES string of the molecule is O=C(OCc1nc(-c2cccs2)no1)c1ccccc1F. The zero-order valence-corrected chi connectivity index (χ0v) is 11.5. The normalized spacial score (nSPS) is 10.5. The van der Waals surface area contributed by atoms with Gasteiger partial charge in [-0.3, -0.25) is 0 Å². The molecule has 3 aromatic rings. The van der Waals surface area contributed by atoms with Gasteiger partial charge in [0.1, 0.15) is 5.82 Å². The lowest BCUT2D eigenvalue weighted by atomic mass is 10.2. The van der Waals surface area contributed by atoms with E-state index in [2.05, 4.69) is 10.1 Å². The van der Waals surface area contributed by atoms with Crippen molar-refractivity contribution in [1.82, 2.24) is 10.1 Å². The number of aromatic nitrogens is 2. The van der Waals surface area contributed by atoms with Crippen molar-refractivity contribution in [3.8, 4) is 10.7 Å². The minimum Gasteiger partial charge on any atom is -0.452 e. The molecule has 3 rings (SSSR count). The Bertz CT molecular complexity index is 755. The highest BCUT2D eigenvalue weighted by Crippen LogP contribution is 2.21. The van der Waals surface area contributed by atoms with Crippen molar-refractivity contribution < 1.29 is 18.4 Å². The Morgan fingerprint density at radius 1 is 1.29 bits per heavy atom. The van der Waals surface area contributed by atoms with Crippen molar-refractivity contribution in [3.05, 3.63) is 59.0 Å². The van der Waals surface area contributed by atoms with Crippen LogP contribution in [0.2, 0.25) is 0 Å². The summed E-state index contributed by atoms with van der Waals surface area (Å²) in [5.74, 6) is -0.818. The quantitative estimate of drug-likeness (QED) is 0.692. The summed E-state index contributed by atoms with van der Waals surface area (Å²) < 4.78 is 23.3. The Morgan fingerprint density at radius 2 is 2.14 bits per heavy atom. The number of halogens is 1. The molecule has 0 fully saturated rings. The number of hydrogen-bond donors (Lipinski definition) is 0. The summed E-state index contributed by atoms with van der Waals surface area (Å²) in [6.45, 7) is -0.203. The third kappa shape index (κ3) is 2.97. The molecule has 0 radical (unpaired) electrons. The highest BCUT2D eigenvalue weighted by Gasteiger charge is 2.15. The van der Waals surface area contributed by atoms with Gasteiger partial charge in [-0.2, -0.15) is 4.98 Å². The molecule has 0 saturated carbocycles. The molecule has 5 nitrogen and oxygen atoms in total. The van der Waals surface area contributed by atoms with Crippen LogP contribution in [-0.4, -0.2) is 16.1 Å². The van der Waals surface area contributed by atoms with Gasteiger partial charge in [0.2, 0.25) is 5.82 Å². The van der Waals surface area contributed by atoms with Crippen LogP contribution in [0, 0.1) is 5.82 Å². The number of thiophene rings is 1. The molecule has 0 unspecified atom stereocenters. The molecule has 0 N–H and O–H groups in total. The fraction of sp³-hybridized carbons (Fsp3) is 0.0714. The van der Waals surface area contributed by atoms with E-state index in [0.29, 0.717) is 5.82 Å². The third-order valence-electron chi connectivity index (χ3n) is 2.63. The van der Waals surface area contributed by atoms with Gasteiger partial charge in [0.15, 0.2) is 6.61 Å². The van der Waals surface area contributed by atoms with Gasteiger partial charge in [-0.1, -0.05) is 23.4 Å². The number of nitrogens with zero attached hydrogens (tertiary/aromatic N) is 2. The highest BCUT2D eigenvalue weighted by molar-refractivity contribution is 7.13. The van der Waals surface area contributed by atoms with Crippen molar-refractivity contribution in [2.24, 2.45) is 0 Å². The first-order valence-corrected chi connectivity index (χ1v) is 6.90. The molecule has 2 aromatic heterocycles. The lowest BCUT2D eigenvalue weighted by Gasteiger charge is -2.02. The zero-order valence-electron chi connectivity index (χ0n) is 10.7. The van der Waals surface area contributed by atoms with Crippen LogP contribution in [-0.2, 0) is 11.3 Å². The summed E-state index contributed by atoms with van der Waals surface area (Å²) in [5, 5.41) is 5.68. The van der Waals surface area contributed by atoms with Crippen LogP contribution in [0.15, 0.2) is 46.3 Å². The van der Waals surface area contributed by atoms with Crippen molar-refractivity contribution in [1.29, 1.82) is 0 Å². The lowest BCUT2D eigenvalue weighted by molar-refractivity contribution is 0.0424. The van der Waals surface area contributed by atoms with Crippen LogP contribution >= 0.6 is 11.3 Å². The third-order valence-corrected chi connectivity index (χ3v) is 3.50. The molecule has 1 aromatic carbocycles. The van der Waals surface area contributed by atoms with Gasteiger partial charge in [-0.15, -0.1) is 11.3 Å². The van der Waals surface area contributed by atoms with Crippen molar-refractivity contribution in [3.63, 3.8) is 0 Å². The molecule has 0 spiro atoms. The molecule has 21 heavy (non-hydrogen) atoms. The average molecular weight is 304 g/mol. The summed E-state index contributed by atoms with van der Waals surface area (Å²) in [5.41, 5.74) is -0.129. The van der Waals surface area contributed by atoms with Gasteiger partial charge in [-0.05, 0) is 23.6 Å². The van der Waals surface area contributed by atoms with Crippen LogP contribution in [0.5, 0.6) is 0 Å². The van der Waals surface area contributed by atoms with E-state index in [4.69, 9.17) is 9.26 Å². The van der Waals surface area contributed by atoms with E-state index in [9.17, 15) is 9.18 Å². The van der Waals surface area contributed by atoms with Crippen LogP contribution in [0.1, 0.15) is 16.2 Å². The topological polar surface area (TPSA) is 65.2 Å². The molecule has 2 heterocycles. The highest BCUT2D eigenvalue weighted by atomic mass is 32.1. The van der Waals surface area contributed by atoms with Gasteiger partial charge in [-0.25, -0.2) is 9.18 Å². The Balaban J connectivity index is 1.66. The van der Waals surface area contributed by atoms with E-state index in [1.165, 1.54) is 29.5 Å². The second-order valence-electron chi connectivity index (χ2n) is 4.05. The fourth-order valence-corrected chi connectivity index (χ4v) is 2.30. The molecule has 0 saturated heterocycles. The summed E-state index contributed by atoms with van der Waals surface area (Å²) >= 11 is 1.47. The molecule has 0 aliphatic rings. The maximum absolute atomic E-state index is 13.4. The molecule has 0 aliphatic heterocycles. The van der Waals surface area contributed by atoms with E-state index in [1.807, 2.05) is 17.5 Å². The first-order chi connectivity index (χ1) is 10.2. The predicted octanol–water partition coefficient (Wildman–Crippen LogP) is 3.29. The van der Waals surface area contributed by atoms with Crippen LogP contribution in [0.3, 0.4) is 0 Å². The molecule has 0 aliphatic carbocycles.